The Morgan fingerprint density at radius 1 is 1.55 bits per heavy atom. The fourth-order valence-electron chi connectivity index (χ4n) is 1.50. The van der Waals surface area contributed by atoms with E-state index >= 15 is 0 Å². The van der Waals surface area contributed by atoms with Gasteiger partial charge in [-0.05, 0) is 12.5 Å². The van der Waals surface area contributed by atoms with Gasteiger partial charge in [-0.15, -0.1) is 0 Å². The second kappa shape index (κ2) is 5.76. The van der Waals surface area contributed by atoms with Crippen LogP contribution in [0.2, 0.25) is 0 Å². The average Bonchev–Trinajstić information content (AvgIpc) is 2.28. The molecule has 1 unspecified atom stereocenters. The summed E-state index contributed by atoms with van der Waals surface area (Å²) in [7, 11) is 0. The molecule has 0 saturated heterocycles. The van der Waals surface area contributed by atoms with E-state index in [0.717, 1.165) is 6.07 Å². The molecule has 0 amide bonds. The van der Waals surface area contributed by atoms with E-state index in [-0.39, 0.29) is 5.75 Å². The minimum atomic E-state index is -4.75. The van der Waals surface area contributed by atoms with Crippen LogP contribution in [0.5, 0.6) is 5.75 Å². The van der Waals surface area contributed by atoms with E-state index < -0.39 is 35.1 Å². The molecule has 0 spiro atoms. The first-order valence-electron chi connectivity index (χ1n) is 5.42. The number of rotatable bonds is 5. The molecule has 0 aliphatic rings. The second-order valence-corrected chi connectivity index (χ2v) is 4.04. The maximum absolute atomic E-state index is 12.6. The van der Waals surface area contributed by atoms with E-state index in [1.54, 1.807) is 0 Å². The van der Waals surface area contributed by atoms with E-state index in [2.05, 4.69) is 0 Å². The van der Waals surface area contributed by atoms with Gasteiger partial charge < -0.3 is 10.5 Å². The predicted octanol–water partition coefficient (Wildman–Crippen LogP) is 2.40. The number of benzene rings is 1. The van der Waals surface area contributed by atoms with Crippen LogP contribution in [0.4, 0.5) is 18.9 Å². The largest absolute Gasteiger partial charge is 0.485 e. The lowest BCUT2D eigenvalue weighted by atomic mass is 10.1. The quantitative estimate of drug-likeness (QED) is 0.376. The van der Waals surface area contributed by atoms with Gasteiger partial charge in [0.1, 0.15) is 18.4 Å². The summed E-state index contributed by atoms with van der Waals surface area (Å²) in [5.41, 5.74) is 4.76. The van der Waals surface area contributed by atoms with Crippen LogP contribution in [0, 0.1) is 28.4 Å². The van der Waals surface area contributed by atoms with E-state index in [1.807, 2.05) is 0 Å². The molecule has 0 fully saturated rings. The van der Waals surface area contributed by atoms with Crippen molar-refractivity contribution in [3.05, 3.63) is 33.9 Å². The van der Waals surface area contributed by atoms with Crippen LogP contribution >= 0.6 is 0 Å². The average molecular weight is 291 g/mol. The van der Waals surface area contributed by atoms with Gasteiger partial charge in [-0.2, -0.15) is 13.2 Å². The van der Waals surface area contributed by atoms with E-state index in [9.17, 15) is 23.3 Å². The van der Waals surface area contributed by atoms with Gasteiger partial charge in [-0.3, -0.25) is 15.5 Å². The number of para-hydroxylation sites is 1. The van der Waals surface area contributed by atoms with E-state index in [4.69, 9.17) is 15.9 Å². The summed E-state index contributed by atoms with van der Waals surface area (Å²) in [6.45, 7) is 0.489. The summed E-state index contributed by atoms with van der Waals surface area (Å²) >= 11 is 0. The van der Waals surface area contributed by atoms with Crippen molar-refractivity contribution in [1.29, 1.82) is 5.41 Å². The van der Waals surface area contributed by atoms with Crippen LogP contribution in [0.1, 0.15) is 5.56 Å². The van der Waals surface area contributed by atoms with Crippen molar-refractivity contribution in [1.82, 2.24) is 0 Å². The number of halogens is 3. The Hall–Kier alpha value is -2.32. The molecule has 0 radical (unpaired) electrons. The third-order valence-corrected chi connectivity index (χ3v) is 2.55. The first kappa shape index (κ1) is 15.7. The van der Waals surface area contributed by atoms with Crippen molar-refractivity contribution in [3.8, 4) is 5.75 Å². The molecular weight excluding hydrogens is 279 g/mol. The molecule has 20 heavy (non-hydrogen) atoms. The summed E-state index contributed by atoms with van der Waals surface area (Å²) < 4.78 is 42.7. The van der Waals surface area contributed by atoms with Gasteiger partial charge in [0.05, 0.1) is 4.92 Å². The number of nitrogens with one attached hydrogen (secondary N) is 1. The lowest BCUT2D eigenvalue weighted by molar-refractivity contribution is -0.386. The highest BCUT2D eigenvalue weighted by Crippen LogP contribution is 2.32. The third kappa shape index (κ3) is 3.59. The minimum Gasteiger partial charge on any atom is -0.485 e. The first-order chi connectivity index (χ1) is 9.14. The van der Waals surface area contributed by atoms with Crippen molar-refractivity contribution < 1.29 is 22.8 Å². The number of aryl methyl sites for hydroxylation is 1. The number of nitro benzene ring substituents is 1. The molecule has 3 N–H and O–H groups in total. The molecule has 110 valence electrons. The van der Waals surface area contributed by atoms with Gasteiger partial charge in [0.15, 0.2) is 5.75 Å². The van der Waals surface area contributed by atoms with Gasteiger partial charge >= 0.3 is 11.9 Å². The minimum absolute atomic E-state index is 0.256. The Balaban J connectivity index is 3.00. The zero-order valence-corrected chi connectivity index (χ0v) is 10.4. The molecular formula is C11H12F3N3O3. The number of hydrogen-bond acceptors (Lipinski definition) is 4. The third-order valence-electron chi connectivity index (χ3n) is 2.55. The lowest BCUT2D eigenvalue weighted by Crippen LogP contribution is -2.39. The topological polar surface area (TPSA) is 102 Å². The standard InChI is InChI=1S/C11H12F3N3O3/c1-6-3-2-4-8(17(18)19)9(6)20-5-7(10(15)16)11(12,13)14/h2-4,7H,5H2,1H3,(H3,15,16). The van der Waals surface area contributed by atoms with Crippen molar-refractivity contribution in [2.24, 2.45) is 11.7 Å². The van der Waals surface area contributed by atoms with Gasteiger partial charge in [-0.1, -0.05) is 12.1 Å². The summed E-state index contributed by atoms with van der Waals surface area (Å²) in [6.07, 6.45) is -4.75. The van der Waals surface area contributed by atoms with E-state index in [1.165, 1.54) is 19.1 Å². The maximum Gasteiger partial charge on any atom is 0.401 e. The van der Waals surface area contributed by atoms with Crippen LogP contribution in [0.25, 0.3) is 0 Å². The highest BCUT2D eigenvalue weighted by Gasteiger charge is 2.43. The normalized spacial score (nSPS) is 12.8. The molecule has 0 heterocycles. The molecule has 6 nitrogen and oxygen atoms in total. The molecule has 0 aliphatic carbocycles. The highest BCUT2D eigenvalue weighted by molar-refractivity contribution is 5.80. The number of nitrogens with zero attached hydrogens (tertiary/aromatic N) is 1. The van der Waals surface area contributed by atoms with Crippen LogP contribution < -0.4 is 10.5 Å². The Morgan fingerprint density at radius 2 is 2.15 bits per heavy atom. The molecule has 0 bridgehead atoms. The number of nitro groups is 1. The molecule has 0 aliphatic heterocycles. The molecule has 9 heteroatoms. The Morgan fingerprint density at radius 3 is 2.60 bits per heavy atom. The summed E-state index contributed by atoms with van der Waals surface area (Å²) in [5, 5.41) is 17.7. The predicted molar refractivity (Wildman–Crippen MR) is 64.8 cm³/mol. The van der Waals surface area contributed by atoms with Gasteiger partial charge in [0, 0.05) is 6.07 Å². The maximum atomic E-state index is 12.6. The first-order valence-corrected chi connectivity index (χ1v) is 5.42. The van der Waals surface area contributed by atoms with E-state index in [0.29, 0.717) is 5.56 Å². The molecule has 1 aromatic rings. The van der Waals surface area contributed by atoms with Crippen LogP contribution in [-0.2, 0) is 0 Å². The molecule has 1 atom stereocenters. The smallest absolute Gasteiger partial charge is 0.401 e. The van der Waals surface area contributed by atoms with Gasteiger partial charge in [-0.25, -0.2) is 0 Å². The number of nitrogens with two attached hydrogens (primary N) is 1. The molecule has 0 aromatic heterocycles. The molecule has 1 rings (SSSR count). The molecule has 0 saturated carbocycles. The number of hydrogen-bond donors (Lipinski definition) is 2. The van der Waals surface area contributed by atoms with Crippen LogP contribution in [-0.4, -0.2) is 23.5 Å². The summed E-state index contributed by atoms with van der Waals surface area (Å²) in [4.78, 5) is 10.0. The Bertz CT molecular complexity index is 531. The zero-order chi connectivity index (χ0) is 15.5. The van der Waals surface area contributed by atoms with Crippen LogP contribution in [0.15, 0.2) is 18.2 Å². The summed E-state index contributed by atoms with van der Waals surface area (Å²) in [6, 6.07) is 3.99. The zero-order valence-electron chi connectivity index (χ0n) is 10.4. The van der Waals surface area contributed by atoms with Crippen molar-refractivity contribution in [2.45, 2.75) is 13.1 Å². The second-order valence-electron chi connectivity index (χ2n) is 4.04. The Kier molecular flexibility index (Phi) is 4.53. The Labute approximate surface area is 112 Å². The van der Waals surface area contributed by atoms with Crippen molar-refractivity contribution in [2.75, 3.05) is 6.61 Å². The number of alkyl halides is 3. The van der Waals surface area contributed by atoms with Gasteiger partial charge in [0.25, 0.3) is 0 Å². The summed E-state index contributed by atoms with van der Waals surface area (Å²) in [5.74, 6) is -3.66. The fraction of sp³-hybridized carbons (Fsp3) is 0.364. The van der Waals surface area contributed by atoms with Gasteiger partial charge in [0.2, 0.25) is 0 Å². The van der Waals surface area contributed by atoms with Crippen LogP contribution in [0.3, 0.4) is 0 Å². The SMILES string of the molecule is Cc1cccc([N+](=O)[O-])c1OCC(C(=N)N)C(F)(F)F. The lowest BCUT2D eigenvalue weighted by Gasteiger charge is -2.19. The fourth-order valence-corrected chi connectivity index (χ4v) is 1.50. The number of amidine groups is 1. The van der Waals surface area contributed by atoms with Crippen molar-refractivity contribution >= 4 is 11.5 Å². The highest BCUT2D eigenvalue weighted by atomic mass is 19.4. The molecule has 1 aromatic carbocycles. The van der Waals surface area contributed by atoms with Crippen molar-refractivity contribution in [3.63, 3.8) is 0 Å². The number of ether oxygens (including phenoxy) is 1. The monoisotopic (exact) mass is 291 g/mol.